The molecule has 1 saturated heterocycles. The van der Waals surface area contributed by atoms with Crippen LogP contribution in [0.15, 0.2) is 10.6 Å². The summed E-state index contributed by atoms with van der Waals surface area (Å²) in [5, 5.41) is 4.08. The normalized spacial score (nSPS) is 22.0. The molecule has 2 fully saturated rings. The van der Waals surface area contributed by atoms with Gasteiger partial charge < -0.3 is 19.0 Å². The number of rotatable bonds is 7. The Labute approximate surface area is 171 Å². The smallest absolute Gasteiger partial charge is 0.324 e. The average molecular weight is 396 g/mol. The topological polar surface area (TPSA) is 81.5 Å². The van der Waals surface area contributed by atoms with E-state index in [1.807, 2.05) is 0 Å². The molecule has 8 nitrogen and oxygen atoms in total. The molecule has 1 saturated carbocycles. The van der Waals surface area contributed by atoms with Gasteiger partial charge in [0.15, 0.2) is 5.82 Å². The summed E-state index contributed by atoms with van der Waals surface area (Å²) in [4.78, 5) is 18.4. The van der Waals surface area contributed by atoms with E-state index >= 15 is 0 Å². The van der Waals surface area contributed by atoms with Crippen molar-refractivity contribution in [3.63, 3.8) is 0 Å². The molecule has 2 aliphatic rings. The quantitative estimate of drug-likeness (QED) is 0.650. The van der Waals surface area contributed by atoms with Crippen LogP contribution in [0.1, 0.15) is 57.1 Å². The fraction of sp³-hybridized carbons (Fsp3) is 0.667. The molecular weight excluding hydrogens is 368 g/mol. The standard InChI is InChI=1S/C21H28N6O2/c1-13(2)20-25-21(29-26-20)27-8-5-15(6-9-27)17-11-16(17)7-10-28-19-12-18(22-4)23-14(3)24-19/h12-13,15-17H,5-11H2,1-3H3/t16-,17-/m1/s1. The van der Waals surface area contributed by atoms with E-state index in [1.165, 1.54) is 19.3 Å². The molecular formula is C21H28N6O2. The molecule has 0 aromatic carbocycles. The number of ether oxygens (including phenoxy) is 1. The van der Waals surface area contributed by atoms with E-state index < -0.39 is 0 Å². The van der Waals surface area contributed by atoms with Gasteiger partial charge in [-0.3, -0.25) is 0 Å². The molecule has 2 aromatic rings. The Hall–Kier alpha value is -2.69. The third kappa shape index (κ3) is 4.66. The molecule has 8 heteroatoms. The Morgan fingerprint density at radius 3 is 2.76 bits per heavy atom. The van der Waals surface area contributed by atoms with Crippen LogP contribution in [-0.4, -0.2) is 39.8 Å². The first kappa shape index (κ1) is 19.6. The monoisotopic (exact) mass is 396 g/mol. The summed E-state index contributed by atoms with van der Waals surface area (Å²) in [6.45, 7) is 15.6. The van der Waals surface area contributed by atoms with E-state index in [4.69, 9.17) is 15.8 Å². The zero-order valence-corrected chi connectivity index (χ0v) is 17.3. The van der Waals surface area contributed by atoms with Gasteiger partial charge in [-0.1, -0.05) is 25.6 Å². The van der Waals surface area contributed by atoms with Crippen LogP contribution in [0.3, 0.4) is 0 Å². The van der Waals surface area contributed by atoms with Gasteiger partial charge in [0, 0.05) is 32.0 Å². The highest BCUT2D eigenvalue weighted by atomic mass is 16.5. The van der Waals surface area contributed by atoms with Crippen LogP contribution in [0.5, 0.6) is 5.88 Å². The molecule has 1 aliphatic heterocycles. The molecule has 0 radical (unpaired) electrons. The van der Waals surface area contributed by atoms with Crippen LogP contribution in [0.25, 0.3) is 4.85 Å². The molecule has 3 heterocycles. The number of hydrogen-bond acceptors (Lipinski definition) is 7. The van der Waals surface area contributed by atoms with E-state index in [9.17, 15) is 0 Å². The molecule has 0 N–H and O–H groups in total. The number of aryl methyl sites for hydroxylation is 1. The lowest BCUT2D eigenvalue weighted by Crippen LogP contribution is -2.34. The van der Waals surface area contributed by atoms with Gasteiger partial charge in [0.05, 0.1) is 6.61 Å². The maximum absolute atomic E-state index is 7.08. The van der Waals surface area contributed by atoms with Gasteiger partial charge in [-0.2, -0.15) is 9.97 Å². The van der Waals surface area contributed by atoms with Gasteiger partial charge in [0.1, 0.15) is 0 Å². The maximum Gasteiger partial charge on any atom is 0.324 e. The van der Waals surface area contributed by atoms with Gasteiger partial charge in [-0.15, -0.1) is 4.98 Å². The van der Waals surface area contributed by atoms with E-state index in [1.54, 1.807) is 13.0 Å². The van der Waals surface area contributed by atoms with Crippen molar-refractivity contribution in [3.8, 4) is 5.88 Å². The van der Waals surface area contributed by atoms with E-state index in [2.05, 4.69) is 43.7 Å². The van der Waals surface area contributed by atoms with Crippen LogP contribution < -0.4 is 9.64 Å². The second-order valence-corrected chi connectivity index (χ2v) is 8.43. The van der Waals surface area contributed by atoms with E-state index in [0.717, 1.165) is 43.1 Å². The second kappa shape index (κ2) is 8.36. The van der Waals surface area contributed by atoms with E-state index in [-0.39, 0.29) is 0 Å². The van der Waals surface area contributed by atoms with E-state index in [0.29, 0.717) is 36.1 Å². The Kier molecular flexibility index (Phi) is 5.65. The molecule has 2 atom stereocenters. The minimum atomic E-state index is 0.290. The Morgan fingerprint density at radius 2 is 2.07 bits per heavy atom. The molecule has 29 heavy (non-hydrogen) atoms. The number of piperidine rings is 1. The van der Waals surface area contributed by atoms with Crippen LogP contribution in [0.2, 0.25) is 0 Å². The summed E-state index contributed by atoms with van der Waals surface area (Å²) in [5.41, 5.74) is 0. The molecule has 0 bridgehead atoms. The largest absolute Gasteiger partial charge is 0.478 e. The third-order valence-corrected chi connectivity index (χ3v) is 5.99. The van der Waals surface area contributed by atoms with Crippen molar-refractivity contribution in [2.24, 2.45) is 17.8 Å². The van der Waals surface area contributed by atoms with Crippen LogP contribution in [-0.2, 0) is 0 Å². The Balaban J connectivity index is 1.20. The summed E-state index contributed by atoms with van der Waals surface area (Å²) in [5.74, 6) is 4.82. The first-order valence-corrected chi connectivity index (χ1v) is 10.5. The van der Waals surface area contributed by atoms with Gasteiger partial charge in [-0.25, -0.2) is 0 Å². The highest BCUT2D eigenvalue weighted by molar-refractivity contribution is 5.38. The fourth-order valence-corrected chi connectivity index (χ4v) is 4.26. The van der Waals surface area contributed by atoms with Gasteiger partial charge in [0.2, 0.25) is 11.7 Å². The zero-order chi connectivity index (χ0) is 20.4. The first-order valence-electron chi connectivity index (χ1n) is 10.5. The lowest BCUT2D eigenvalue weighted by Gasteiger charge is -2.30. The molecule has 1 aliphatic carbocycles. The SMILES string of the molecule is [C-]#[N+]c1cc(OCC[C@@H]2C[C@@H]2C2CCN(c3nc(C(C)C)no3)CC2)nc(C)n1. The number of hydrogen-bond donors (Lipinski definition) is 0. The number of aromatic nitrogens is 4. The molecule has 0 amide bonds. The summed E-state index contributed by atoms with van der Waals surface area (Å²) in [7, 11) is 0. The molecule has 2 aromatic heterocycles. The Morgan fingerprint density at radius 1 is 1.28 bits per heavy atom. The highest BCUT2D eigenvalue weighted by Gasteiger charge is 2.43. The second-order valence-electron chi connectivity index (χ2n) is 8.43. The average Bonchev–Trinajstić information content (AvgIpc) is 3.30. The van der Waals surface area contributed by atoms with Crippen molar-refractivity contribution in [1.82, 2.24) is 20.1 Å². The number of nitrogens with zero attached hydrogens (tertiary/aromatic N) is 6. The van der Waals surface area contributed by atoms with Crippen molar-refractivity contribution in [3.05, 3.63) is 29.1 Å². The maximum atomic E-state index is 7.08. The summed E-state index contributed by atoms with van der Waals surface area (Å²) >= 11 is 0. The van der Waals surface area contributed by atoms with Crippen LogP contribution >= 0.6 is 0 Å². The summed E-state index contributed by atoms with van der Waals surface area (Å²) in [6.07, 6.45) is 4.70. The van der Waals surface area contributed by atoms with Crippen LogP contribution in [0.4, 0.5) is 11.8 Å². The predicted octanol–water partition coefficient (Wildman–Crippen LogP) is 4.16. The number of anilines is 1. The Bertz CT molecular complexity index is 882. The van der Waals surface area contributed by atoms with Crippen molar-refractivity contribution < 1.29 is 9.26 Å². The fourth-order valence-electron chi connectivity index (χ4n) is 4.26. The molecule has 154 valence electrons. The molecule has 4 rings (SSSR count). The van der Waals surface area contributed by atoms with Crippen molar-refractivity contribution in [2.75, 3.05) is 24.6 Å². The third-order valence-electron chi connectivity index (χ3n) is 5.99. The zero-order valence-electron chi connectivity index (χ0n) is 17.3. The minimum Gasteiger partial charge on any atom is -0.478 e. The van der Waals surface area contributed by atoms with Crippen LogP contribution in [0, 0.1) is 31.2 Å². The van der Waals surface area contributed by atoms with Crippen molar-refractivity contribution in [1.29, 1.82) is 0 Å². The van der Waals surface area contributed by atoms with Crippen molar-refractivity contribution >= 4 is 11.8 Å². The van der Waals surface area contributed by atoms with Crippen molar-refractivity contribution in [2.45, 2.75) is 52.4 Å². The molecule has 0 spiro atoms. The lowest BCUT2D eigenvalue weighted by atomic mass is 9.90. The lowest BCUT2D eigenvalue weighted by molar-refractivity contribution is 0.274. The van der Waals surface area contributed by atoms with Gasteiger partial charge in [0.25, 0.3) is 5.82 Å². The summed E-state index contributed by atoms with van der Waals surface area (Å²) in [6, 6.07) is 2.29. The molecule has 0 unspecified atom stereocenters. The van der Waals surface area contributed by atoms with Gasteiger partial charge in [-0.05, 0) is 43.4 Å². The first-order chi connectivity index (χ1) is 14.0. The predicted molar refractivity (Wildman–Crippen MR) is 108 cm³/mol. The van der Waals surface area contributed by atoms with Gasteiger partial charge >= 0.3 is 6.01 Å². The minimum absolute atomic E-state index is 0.290. The summed E-state index contributed by atoms with van der Waals surface area (Å²) < 4.78 is 11.2. The highest BCUT2D eigenvalue weighted by Crippen LogP contribution is 2.49.